The fraction of sp³-hybridized carbons (Fsp3) is 0.650. The van der Waals surface area contributed by atoms with E-state index in [0.29, 0.717) is 18.0 Å². The van der Waals surface area contributed by atoms with Crippen molar-refractivity contribution in [3.05, 3.63) is 34.3 Å². The molecule has 1 saturated heterocycles. The van der Waals surface area contributed by atoms with Crippen LogP contribution in [0.4, 0.5) is 0 Å². The number of hydrogen-bond donors (Lipinski definition) is 2. The monoisotopic (exact) mass is 422 g/mol. The predicted octanol–water partition coefficient (Wildman–Crippen LogP) is 2.97. The average Bonchev–Trinajstić information content (AvgIpc) is 3.41. The molecule has 1 aliphatic heterocycles. The minimum absolute atomic E-state index is 0.496. The highest BCUT2D eigenvalue weighted by molar-refractivity contribution is 9.10. The summed E-state index contributed by atoms with van der Waals surface area (Å²) in [6, 6.07) is 9.70. The number of likely N-dealkylation sites (tertiary alicyclic amines) is 1. The molecule has 1 heterocycles. The van der Waals surface area contributed by atoms with Crippen LogP contribution in [0.2, 0.25) is 0 Å². The maximum atomic E-state index is 5.18. The molecule has 0 spiro atoms. The zero-order chi connectivity index (χ0) is 18.4. The van der Waals surface area contributed by atoms with Crippen molar-refractivity contribution in [1.82, 2.24) is 15.5 Å². The first kappa shape index (κ1) is 19.6. The molecule has 0 aromatic heterocycles. The Bertz CT molecular complexity index is 584. The van der Waals surface area contributed by atoms with Gasteiger partial charge in [-0.3, -0.25) is 4.99 Å². The minimum Gasteiger partial charge on any atom is -0.383 e. The van der Waals surface area contributed by atoms with E-state index in [4.69, 9.17) is 4.74 Å². The Labute approximate surface area is 165 Å². The van der Waals surface area contributed by atoms with Crippen molar-refractivity contribution in [3.63, 3.8) is 0 Å². The number of aliphatic imine (C=N–C) groups is 1. The fourth-order valence-corrected chi connectivity index (χ4v) is 3.88. The van der Waals surface area contributed by atoms with E-state index in [9.17, 15) is 0 Å². The number of ether oxygens (including phenoxy) is 1. The largest absolute Gasteiger partial charge is 0.383 e. The van der Waals surface area contributed by atoms with E-state index in [0.717, 1.165) is 56.1 Å². The summed E-state index contributed by atoms with van der Waals surface area (Å²) in [5, 5.41) is 7.30. The molecule has 2 unspecified atom stereocenters. The lowest BCUT2D eigenvalue weighted by Crippen LogP contribution is -2.49. The molecule has 6 heteroatoms. The van der Waals surface area contributed by atoms with Crippen LogP contribution in [0.25, 0.3) is 0 Å². The van der Waals surface area contributed by atoms with Gasteiger partial charge in [-0.1, -0.05) is 28.1 Å². The predicted molar refractivity (Wildman–Crippen MR) is 111 cm³/mol. The van der Waals surface area contributed by atoms with Gasteiger partial charge < -0.3 is 20.3 Å². The summed E-state index contributed by atoms with van der Waals surface area (Å²) in [4.78, 5) is 7.14. The SMILES string of the molecule is CCN=C(NC1CCN(CCOC)CC1)NC1CC1c1ccc(Br)cc1. The highest BCUT2D eigenvalue weighted by Gasteiger charge is 2.39. The van der Waals surface area contributed by atoms with Gasteiger partial charge in [0.1, 0.15) is 0 Å². The third-order valence-electron chi connectivity index (χ3n) is 5.27. The maximum absolute atomic E-state index is 5.18. The summed E-state index contributed by atoms with van der Waals surface area (Å²) in [5.41, 5.74) is 1.41. The molecule has 1 saturated carbocycles. The summed E-state index contributed by atoms with van der Waals surface area (Å²) >= 11 is 3.51. The second-order valence-electron chi connectivity index (χ2n) is 7.22. The minimum atomic E-state index is 0.496. The van der Waals surface area contributed by atoms with Gasteiger partial charge in [-0.25, -0.2) is 0 Å². The molecule has 1 aliphatic carbocycles. The molecule has 5 nitrogen and oxygen atoms in total. The van der Waals surface area contributed by atoms with Crippen LogP contribution in [0.1, 0.15) is 37.7 Å². The second kappa shape index (κ2) is 9.72. The van der Waals surface area contributed by atoms with Crippen LogP contribution < -0.4 is 10.6 Å². The van der Waals surface area contributed by atoms with Gasteiger partial charge in [0.2, 0.25) is 0 Å². The molecule has 26 heavy (non-hydrogen) atoms. The van der Waals surface area contributed by atoms with Gasteiger partial charge in [0.05, 0.1) is 6.61 Å². The Hall–Kier alpha value is -1.11. The lowest BCUT2D eigenvalue weighted by atomic mass is 10.1. The van der Waals surface area contributed by atoms with Crippen molar-refractivity contribution in [2.24, 2.45) is 4.99 Å². The van der Waals surface area contributed by atoms with Gasteiger partial charge in [-0.05, 0) is 43.9 Å². The number of nitrogens with zero attached hydrogens (tertiary/aromatic N) is 2. The number of halogens is 1. The smallest absolute Gasteiger partial charge is 0.191 e. The number of nitrogens with one attached hydrogen (secondary N) is 2. The van der Waals surface area contributed by atoms with E-state index in [1.165, 1.54) is 12.0 Å². The van der Waals surface area contributed by atoms with E-state index >= 15 is 0 Å². The van der Waals surface area contributed by atoms with Crippen LogP contribution in [0, 0.1) is 0 Å². The van der Waals surface area contributed by atoms with E-state index in [1.807, 2.05) is 0 Å². The first-order valence-corrected chi connectivity index (χ1v) is 10.5. The van der Waals surface area contributed by atoms with Crippen molar-refractivity contribution < 1.29 is 4.74 Å². The van der Waals surface area contributed by atoms with Crippen molar-refractivity contribution in [2.45, 2.75) is 44.2 Å². The molecule has 0 radical (unpaired) electrons. The Balaban J connectivity index is 1.45. The zero-order valence-corrected chi connectivity index (χ0v) is 17.5. The molecule has 0 amide bonds. The van der Waals surface area contributed by atoms with E-state index in [-0.39, 0.29) is 0 Å². The van der Waals surface area contributed by atoms with Crippen LogP contribution >= 0.6 is 15.9 Å². The van der Waals surface area contributed by atoms with Gasteiger partial charge in [0.15, 0.2) is 5.96 Å². The molecule has 144 valence electrons. The van der Waals surface area contributed by atoms with Crippen molar-refractivity contribution in [1.29, 1.82) is 0 Å². The topological polar surface area (TPSA) is 48.9 Å². The standard InChI is InChI=1S/C20H31BrN4O/c1-3-22-20(23-17-8-10-25(11-9-17)12-13-26-2)24-19-14-18(19)15-4-6-16(21)7-5-15/h4-7,17-19H,3,8-14H2,1-2H3,(H2,22,23,24). The lowest BCUT2D eigenvalue weighted by Gasteiger charge is -2.33. The van der Waals surface area contributed by atoms with Gasteiger partial charge >= 0.3 is 0 Å². The fourth-order valence-electron chi connectivity index (χ4n) is 3.61. The first-order chi connectivity index (χ1) is 12.7. The molecule has 2 atom stereocenters. The summed E-state index contributed by atoms with van der Waals surface area (Å²) in [7, 11) is 1.77. The highest BCUT2D eigenvalue weighted by Crippen LogP contribution is 2.41. The van der Waals surface area contributed by atoms with Gasteiger partial charge in [0.25, 0.3) is 0 Å². The summed E-state index contributed by atoms with van der Waals surface area (Å²) in [5.74, 6) is 1.58. The second-order valence-corrected chi connectivity index (χ2v) is 8.14. The van der Waals surface area contributed by atoms with E-state index in [1.54, 1.807) is 7.11 Å². The van der Waals surface area contributed by atoms with Gasteiger partial charge in [0, 0.05) is 55.8 Å². The molecule has 1 aromatic carbocycles. The van der Waals surface area contributed by atoms with Crippen molar-refractivity contribution in [3.8, 4) is 0 Å². The molecular formula is C20H31BrN4O. The van der Waals surface area contributed by atoms with Crippen molar-refractivity contribution >= 4 is 21.9 Å². The molecule has 3 rings (SSSR count). The third-order valence-corrected chi connectivity index (χ3v) is 5.80. The normalized spacial score (nSPS) is 24.5. The molecule has 2 aliphatic rings. The number of guanidine groups is 1. The summed E-state index contributed by atoms with van der Waals surface area (Å²) < 4.78 is 6.32. The number of hydrogen-bond acceptors (Lipinski definition) is 3. The van der Waals surface area contributed by atoms with E-state index in [2.05, 4.69) is 67.6 Å². The molecule has 2 fully saturated rings. The zero-order valence-electron chi connectivity index (χ0n) is 15.9. The summed E-state index contributed by atoms with van der Waals surface area (Å²) in [6.45, 7) is 7.01. The average molecular weight is 423 g/mol. The van der Waals surface area contributed by atoms with Crippen LogP contribution in [-0.4, -0.2) is 62.8 Å². The third kappa shape index (κ3) is 5.69. The van der Waals surface area contributed by atoms with E-state index < -0.39 is 0 Å². The number of piperidine rings is 1. The molecule has 1 aromatic rings. The number of methoxy groups -OCH3 is 1. The highest BCUT2D eigenvalue weighted by atomic mass is 79.9. The number of rotatable bonds is 7. The Kier molecular flexibility index (Phi) is 7.34. The Morgan fingerprint density at radius 3 is 2.62 bits per heavy atom. The number of benzene rings is 1. The van der Waals surface area contributed by atoms with Gasteiger partial charge in [-0.15, -0.1) is 0 Å². The molecule has 0 bridgehead atoms. The van der Waals surface area contributed by atoms with Crippen LogP contribution in [-0.2, 0) is 4.74 Å². The maximum Gasteiger partial charge on any atom is 0.191 e. The quantitative estimate of drug-likeness (QED) is 0.523. The van der Waals surface area contributed by atoms with Crippen molar-refractivity contribution in [2.75, 3.05) is 39.9 Å². The van der Waals surface area contributed by atoms with Crippen LogP contribution in [0.15, 0.2) is 33.7 Å². The molecule has 2 N–H and O–H groups in total. The Morgan fingerprint density at radius 1 is 1.23 bits per heavy atom. The van der Waals surface area contributed by atoms with Crippen LogP contribution in [0.3, 0.4) is 0 Å². The Morgan fingerprint density at radius 2 is 1.96 bits per heavy atom. The molecular weight excluding hydrogens is 392 g/mol. The lowest BCUT2D eigenvalue weighted by molar-refractivity contribution is 0.128. The first-order valence-electron chi connectivity index (χ1n) is 9.74. The van der Waals surface area contributed by atoms with Crippen LogP contribution in [0.5, 0.6) is 0 Å². The van der Waals surface area contributed by atoms with Gasteiger partial charge in [-0.2, -0.15) is 0 Å². The summed E-state index contributed by atoms with van der Waals surface area (Å²) in [6.07, 6.45) is 3.51.